The molecule has 3 atom stereocenters. The number of aliphatic carboxylic acids is 1. The zero-order valence-corrected chi connectivity index (χ0v) is 12.7. The third-order valence-electron chi connectivity index (χ3n) is 5.35. The molecule has 1 aliphatic carbocycles. The van der Waals surface area contributed by atoms with Gasteiger partial charge in [-0.05, 0) is 38.0 Å². The maximum Gasteiger partial charge on any atom is 0.306 e. The van der Waals surface area contributed by atoms with E-state index in [0.29, 0.717) is 12.3 Å². The van der Waals surface area contributed by atoms with Crippen LogP contribution in [0.5, 0.6) is 0 Å². The summed E-state index contributed by atoms with van der Waals surface area (Å²) < 4.78 is 0. The van der Waals surface area contributed by atoms with E-state index in [0.717, 1.165) is 37.8 Å². The Morgan fingerprint density at radius 1 is 1.50 bits per heavy atom. The van der Waals surface area contributed by atoms with E-state index in [1.54, 1.807) is 6.92 Å². The first-order valence-electron chi connectivity index (χ1n) is 7.59. The van der Waals surface area contributed by atoms with E-state index in [4.69, 9.17) is 5.11 Å². The Kier molecular flexibility index (Phi) is 4.21. The van der Waals surface area contributed by atoms with Crippen molar-refractivity contribution in [1.29, 1.82) is 0 Å². The van der Waals surface area contributed by atoms with Crippen LogP contribution in [-0.2, 0) is 9.59 Å². The van der Waals surface area contributed by atoms with Gasteiger partial charge in [0.25, 0.3) is 0 Å². The lowest BCUT2D eigenvalue weighted by Crippen LogP contribution is -2.44. The van der Waals surface area contributed by atoms with E-state index in [2.05, 4.69) is 19.2 Å². The topological polar surface area (TPSA) is 66.4 Å². The van der Waals surface area contributed by atoms with Crippen LogP contribution in [0.1, 0.15) is 52.9 Å². The second-order valence-corrected chi connectivity index (χ2v) is 6.62. The molecule has 4 nitrogen and oxygen atoms in total. The third kappa shape index (κ3) is 2.60. The van der Waals surface area contributed by atoms with Crippen LogP contribution in [0, 0.1) is 17.3 Å². The highest BCUT2D eigenvalue weighted by molar-refractivity contribution is 5.96. The van der Waals surface area contributed by atoms with Crippen molar-refractivity contribution in [3.8, 4) is 0 Å². The lowest BCUT2D eigenvalue weighted by molar-refractivity contribution is -0.141. The minimum Gasteiger partial charge on any atom is -0.481 e. The van der Waals surface area contributed by atoms with E-state index in [1.165, 1.54) is 5.57 Å². The molecule has 0 aromatic rings. The highest BCUT2D eigenvalue weighted by Gasteiger charge is 2.43. The first kappa shape index (κ1) is 15.1. The predicted molar refractivity (Wildman–Crippen MR) is 77.2 cm³/mol. The molecule has 4 heteroatoms. The smallest absolute Gasteiger partial charge is 0.306 e. The SMILES string of the molecule is CC(CC[C@@]1(C)C2=C(CCNC2=O)CCC1C)C(=O)O. The van der Waals surface area contributed by atoms with Crippen molar-refractivity contribution in [3.05, 3.63) is 11.1 Å². The Balaban J connectivity index is 2.25. The summed E-state index contributed by atoms with van der Waals surface area (Å²) >= 11 is 0. The van der Waals surface area contributed by atoms with Crippen molar-refractivity contribution in [2.75, 3.05) is 6.54 Å². The summed E-state index contributed by atoms with van der Waals surface area (Å²) in [7, 11) is 0. The molecule has 112 valence electrons. The van der Waals surface area contributed by atoms with Crippen LogP contribution < -0.4 is 5.32 Å². The fraction of sp³-hybridized carbons (Fsp3) is 0.750. The molecule has 20 heavy (non-hydrogen) atoms. The first-order chi connectivity index (χ1) is 9.36. The number of carbonyl (C=O) groups is 2. The molecule has 2 unspecified atom stereocenters. The zero-order valence-electron chi connectivity index (χ0n) is 12.7. The fourth-order valence-corrected chi connectivity index (χ4v) is 3.58. The monoisotopic (exact) mass is 279 g/mol. The van der Waals surface area contributed by atoms with Gasteiger partial charge < -0.3 is 10.4 Å². The molecule has 0 aromatic heterocycles. The largest absolute Gasteiger partial charge is 0.481 e. The van der Waals surface area contributed by atoms with Crippen molar-refractivity contribution in [3.63, 3.8) is 0 Å². The molecule has 0 saturated carbocycles. The van der Waals surface area contributed by atoms with Gasteiger partial charge in [0, 0.05) is 17.5 Å². The number of carboxylic acid groups (broad SMARTS) is 1. The Morgan fingerprint density at radius 3 is 2.85 bits per heavy atom. The standard InChI is InChI=1S/C16H25NO3/c1-10(15(19)20)6-8-16(3)11(2)4-5-12-7-9-17-14(18)13(12)16/h10-11H,4-9H2,1-3H3,(H,17,18)(H,19,20)/t10?,11?,16-/m1/s1. The average molecular weight is 279 g/mol. The molecule has 0 saturated heterocycles. The van der Waals surface area contributed by atoms with Crippen LogP contribution in [0.2, 0.25) is 0 Å². The lowest BCUT2D eigenvalue weighted by Gasteiger charge is -2.44. The molecule has 0 radical (unpaired) electrons. The number of carbonyl (C=O) groups excluding carboxylic acids is 1. The molecule has 2 N–H and O–H groups in total. The van der Waals surface area contributed by atoms with Crippen LogP contribution in [0.25, 0.3) is 0 Å². The van der Waals surface area contributed by atoms with Gasteiger partial charge in [0.15, 0.2) is 0 Å². The van der Waals surface area contributed by atoms with E-state index < -0.39 is 5.97 Å². The molecule has 1 amide bonds. The van der Waals surface area contributed by atoms with Gasteiger partial charge in [0.05, 0.1) is 5.92 Å². The molecule has 0 aromatic carbocycles. The Bertz CT molecular complexity index is 455. The minimum absolute atomic E-state index is 0.0725. The van der Waals surface area contributed by atoms with Gasteiger partial charge in [-0.3, -0.25) is 9.59 Å². The molecular formula is C16H25NO3. The molecule has 0 spiro atoms. The summed E-state index contributed by atoms with van der Waals surface area (Å²) in [5.41, 5.74) is 2.08. The number of carboxylic acids is 1. The number of rotatable bonds is 4. The third-order valence-corrected chi connectivity index (χ3v) is 5.35. The summed E-state index contributed by atoms with van der Waals surface area (Å²) in [6.07, 6.45) is 4.48. The molecule has 1 heterocycles. The molecule has 1 aliphatic heterocycles. The van der Waals surface area contributed by atoms with Crippen molar-refractivity contribution >= 4 is 11.9 Å². The minimum atomic E-state index is -0.751. The average Bonchev–Trinajstić information content (AvgIpc) is 2.40. The summed E-state index contributed by atoms with van der Waals surface area (Å²) in [5.74, 6) is -0.606. The van der Waals surface area contributed by atoms with Crippen molar-refractivity contribution < 1.29 is 14.7 Å². The van der Waals surface area contributed by atoms with Gasteiger partial charge >= 0.3 is 5.97 Å². The Morgan fingerprint density at radius 2 is 2.20 bits per heavy atom. The molecule has 0 bridgehead atoms. The highest BCUT2D eigenvalue weighted by atomic mass is 16.4. The fourth-order valence-electron chi connectivity index (χ4n) is 3.58. The lowest BCUT2D eigenvalue weighted by atomic mass is 9.61. The van der Waals surface area contributed by atoms with E-state index in [-0.39, 0.29) is 17.2 Å². The van der Waals surface area contributed by atoms with Crippen molar-refractivity contribution in [1.82, 2.24) is 5.32 Å². The van der Waals surface area contributed by atoms with Crippen LogP contribution in [-0.4, -0.2) is 23.5 Å². The molecule has 2 aliphatic rings. The van der Waals surface area contributed by atoms with Crippen LogP contribution in [0.3, 0.4) is 0 Å². The first-order valence-corrected chi connectivity index (χ1v) is 7.59. The summed E-state index contributed by atoms with van der Waals surface area (Å²) in [4.78, 5) is 23.3. The van der Waals surface area contributed by atoms with Gasteiger partial charge in [-0.1, -0.05) is 26.3 Å². The number of hydrogen-bond donors (Lipinski definition) is 2. The molecule has 0 fully saturated rings. The molecule has 2 rings (SSSR count). The maximum absolute atomic E-state index is 12.3. The van der Waals surface area contributed by atoms with Gasteiger partial charge in [-0.15, -0.1) is 0 Å². The van der Waals surface area contributed by atoms with Crippen LogP contribution in [0.15, 0.2) is 11.1 Å². The van der Waals surface area contributed by atoms with E-state index >= 15 is 0 Å². The Hall–Kier alpha value is -1.32. The summed E-state index contributed by atoms with van der Waals surface area (Å²) in [6.45, 7) is 6.83. The van der Waals surface area contributed by atoms with Crippen molar-refractivity contribution in [2.45, 2.75) is 52.9 Å². The molecular weight excluding hydrogens is 254 g/mol. The van der Waals surface area contributed by atoms with E-state index in [1.807, 2.05) is 0 Å². The normalized spacial score (nSPS) is 31.6. The quantitative estimate of drug-likeness (QED) is 0.831. The van der Waals surface area contributed by atoms with Gasteiger partial charge in [0.1, 0.15) is 0 Å². The predicted octanol–water partition coefficient (Wildman–Crippen LogP) is 2.74. The highest BCUT2D eigenvalue weighted by Crippen LogP contribution is 2.49. The maximum atomic E-state index is 12.3. The van der Waals surface area contributed by atoms with Gasteiger partial charge in [-0.2, -0.15) is 0 Å². The number of nitrogens with one attached hydrogen (secondary N) is 1. The van der Waals surface area contributed by atoms with Crippen molar-refractivity contribution in [2.24, 2.45) is 17.3 Å². The number of hydrogen-bond acceptors (Lipinski definition) is 2. The second kappa shape index (κ2) is 5.58. The van der Waals surface area contributed by atoms with Crippen LogP contribution in [0.4, 0.5) is 0 Å². The second-order valence-electron chi connectivity index (χ2n) is 6.62. The summed E-state index contributed by atoms with van der Waals surface area (Å²) in [5, 5.41) is 12.0. The van der Waals surface area contributed by atoms with Gasteiger partial charge in [0.2, 0.25) is 5.91 Å². The zero-order chi connectivity index (χ0) is 14.9. The number of amides is 1. The van der Waals surface area contributed by atoms with E-state index in [9.17, 15) is 9.59 Å². The van der Waals surface area contributed by atoms with Crippen LogP contribution >= 0.6 is 0 Å². The Labute approximate surface area is 120 Å². The summed E-state index contributed by atoms with van der Waals surface area (Å²) in [6, 6.07) is 0. The van der Waals surface area contributed by atoms with Gasteiger partial charge in [-0.25, -0.2) is 0 Å².